The molecule has 1 aromatic rings. The summed E-state index contributed by atoms with van der Waals surface area (Å²) in [4.78, 5) is 11.4. The van der Waals surface area contributed by atoms with Crippen LogP contribution >= 0.6 is 34.2 Å². The third-order valence-corrected chi connectivity index (χ3v) is 3.12. The molecule has 0 bridgehead atoms. The van der Waals surface area contributed by atoms with Crippen LogP contribution in [0.2, 0.25) is 5.02 Å². The van der Waals surface area contributed by atoms with Gasteiger partial charge in [0.15, 0.2) is 0 Å². The van der Waals surface area contributed by atoms with Gasteiger partial charge in [0.1, 0.15) is 0 Å². The largest absolute Gasteiger partial charge is 0.325 e. The normalized spacial score (nSPS) is 15.3. The van der Waals surface area contributed by atoms with E-state index in [9.17, 15) is 4.79 Å². The lowest BCUT2D eigenvalue weighted by Crippen LogP contribution is -2.13. The van der Waals surface area contributed by atoms with Crippen LogP contribution in [0.3, 0.4) is 0 Å². The molecule has 0 unspecified atom stereocenters. The van der Waals surface area contributed by atoms with E-state index in [0.717, 1.165) is 16.4 Å². The van der Waals surface area contributed by atoms with Crippen molar-refractivity contribution in [3.63, 3.8) is 0 Å². The van der Waals surface area contributed by atoms with Crippen LogP contribution in [0.5, 0.6) is 0 Å². The quantitative estimate of drug-likeness (QED) is 0.832. The van der Waals surface area contributed by atoms with Crippen LogP contribution in [0, 0.1) is 9.49 Å². The molecule has 0 spiro atoms. The highest BCUT2D eigenvalue weighted by Gasteiger charge is 2.29. The molecule has 14 heavy (non-hydrogen) atoms. The summed E-state index contributed by atoms with van der Waals surface area (Å²) in [6.45, 7) is 0. The highest BCUT2D eigenvalue weighted by molar-refractivity contribution is 14.1. The summed E-state index contributed by atoms with van der Waals surface area (Å²) in [5, 5.41) is 3.43. The van der Waals surface area contributed by atoms with Crippen molar-refractivity contribution in [1.29, 1.82) is 0 Å². The molecule has 1 aromatic carbocycles. The highest BCUT2D eigenvalue weighted by Crippen LogP contribution is 2.31. The predicted octanol–water partition coefficient (Wildman–Crippen LogP) is 3.29. The Kier molecular flexibility index (Phi) is 2.97. The number of benzene rings is 1. The van der Waals surface area contributed by atoms with E-state index in [0.29, 0.717) is 10.7 Å². The molecule has 1 aliphatic rings. The lowest BCUT2D eigenvalue weighted by Gasteiger charge is -2.06. The van der Waals surface area contributed by atoms with E-state index < -0.39 is 0 Å². The molecule has 1 aliphatic carbocycles. The average Bonchev–Trinajstić information content (AvgIpc) is 2.92. The molecule has 74 valence electrons. The molecule has 0 aliphatic heterocycles. The number of hydrogen-bond donors (Lipinski definition) is 1. The van der Waals surface area contributed by atoms with Crippen LogP contribution in [-0.4, -0.2) is 5.91 Å². The number of carbonyl (C=O) groups is 1. The average molecular weight is 322 g/mol. The van der Waals surface area contributed by atoms with Gasteiger partial charge < -0.3 is 5.32 Å². The van der Waals surface area contributed by atoms with Crippen molar-refractivity contribution < 1.29 is 4.79 Å². The molecule has 0 saturated heterocycles. The van der Waals surface area contributed by atoms with Gasteiger partial charge in [-0.3, -0.25) is 4.79 Å². The molecule has 1 fully saturated rings. The third-order valence-electron chi connectivity index (χ3n) is 2.14. The molecule has 0 atom stereocenters. The molecule has 4 heteroatoms. The standard InChI is InChI=1S/C10H9ClINO/c11-8-5-7(12)3-4-9(8)13-10(14)6-1-2-6/h3-6H,1-2H2,(H,13,14). The Morgan fingerprint density at radius 2 is 2.21 bits per heavy atom. The minimum Gasteiger partial charge on any atom is -0.325 e. The summed E-state index contributed by atoms with van der Waals surface area (Å²) in [7, 11) is 0. The van der Waals surface area contributed by atoms with E-state index >= 15 is 0 Å². The molecule has 1 N–H and O–H groups in total. The minimum absolute atomic E-state index is 0.0908. The first-order valence-electron chi connectivity index (χ1n) is 4.43. The van der Waals surface area contributed by atoms with Crippen molar-refractivity contribution in [3.8, 4) is 0 Å². The van der Waals surface area contributed by atoms with Crippen LogP contribution in [0.25, 0.3) is 0 Å². The van der Waals surface area contributed by atoms with Crippen LogP contribution in [0.4, 0.5) is 5.69 Å². The fraction of sp³-hybridized carbons (Fsp3) is 0.300. The van der Waals surface area contributed by atoms with Crippen molar-refractivity contribution in [3.05, 3.63) is 26.8 Å². The maximum absolute atomic E-state index is 11.4. The van der Waals surface area contributed by atoms with Gasteiger partial charge in [-0.1, -0.05) is 11.6 Å². The number of halogens is 2. The van der Waals surface area contributed by atoms with Crippen LogP contribution in [-0.2, 0) is 4.79 Å². The van der Waals surface area contributed by atoms with Gasteiger partial charge in [0, 0.05) is 9.49 Å². The second kappa shape index (κ2) is 4.06. The molecule has 0 aromatic heterocycles. The van der Waals surface area contributed by atoms with Crippen molar-refractivity contribution in [2.24, 2.45) is 5.92 Å². The lowest BCUT2D eigenvalue weighted by atomic mass is 10.3. The van der Waals surface area contributed by atoms with E-state index in [4.69, 9.17) is 11.6 Å². The fourth-order valence-corrected chi connectivity index (χ4v) is 2.07. The molecule has 0 heterocycles. The molecule has 2 nitrogen and oxygen atoms in total. The Morgan fingerprint density at radius 1 is 1.50 bits per heavy atom. The lowest BCUT2D eigenvalue weighted by molar-refractivity contribution is -0.117. The highest BCUT2D eigenvalue weighted by atomic mass is 127. The van der Waals surface area contributed by atoms with Crippen LogP contribution in [0.1, 0.15) is 12.8 Å². The number of hydrogen-bond acceptors (Lipinski definition) is 1. The summed E-state index contributed by atoms with van der Waals surface area (Å²) in [5.41, 5.74) is 0.712. The zero-order valence-electron chi connectivity index (χ0n) is 7.39. The summed E-state index contributed by atoms with van der Waals surface area (Å²) in [6.07, 6.45) is 2.02. The van der Waals surface area contributed by atoms with Gasteiger partial charge in [-0.15, -0.1) is 0 Å². The summed E-state index contributed by atoms with van der Waals surface area (Å²) >= 11 is 8.16. The Morgan fingerprint density at radius 3 is 2.79 bits per heavy atom. The summed E-state index contributed by atoms with van der Waals surface area (Å²) < 4.78 is 1.07. The third kappa shape index (κ3) is 2.39. The zero-order valence-corrected chi connectivity index (χ0v) is 10.3. The number of anilines is 1. The Labute approximate surface area is 101 Å². The van der Waals surface area contributed by atoms with E-state index in [-0.39, 0.29) is 11.8 Å². The molecule has 1 saturated carbocycles. The number of rotatable bonds is 2. The van der Waals surface area contributed by atoms with Gasteiger partial charge >= 0.3 is 0 Å². The predicted molar refractivity (Wildman–Crippen MR) is 65.5 cm³/mol. The maximum atomic E-state index is 11.4. The van der Waals surface area contributed by atoms with Gasteiger partial charge in [-0.25, -0.2) is 0 Å². The number of amides is 1. The Balaban J connectivity index is 2.11. The first-order valence-corrected chi connectivity index (χ1v) is 5.88. The molecule has 1 amide bonds. The van der Waals surface area contributed by atoms with Crippen molar-refractivity contribution >= 4 is 45.8 Å². The maximum Gasteiger partial charge on any atom is 0.227 e. The van der Waals surface area contributed by atoms with Crippen LogP contribution < -0.4 is 5.32 Å². The SMILES string of the molecule is O=C(Nc1ccc(I)cc1Cl)C1CC1. The smallest absolute Gasteiger partial charge is 0.227 e. The van der Waals surface area contributed by atoms with Crippen molar-refractivity contribution in [2.45, 2.75) is 12.8 Å². The van der Waals surface area contributed by atoms with E-state index in [1.807, 2.05) is 18.2 Å². The topological polar surface area (TPSA) is 29.1 Å². The number of nitrogens with one attached hydrogen (secondary N) is 1. The van der Waals surface area contributed by atoms with Gasteiger partial charge in [0.25, 0.3) is 0 Å². The minimum atomic E-state index is 0.0908. The Bertz CT molecular complexity index is 376. The monoisotopic (exact) mass is 321 g/mol. The molecule has 0 radical (unpaired) electrons. The van der Waals surface area contributed by atoms with E-state index in [1.165, 1.54) is 0 Å². The van der Waals surface area contributed by atoms with E-state index in [1.54, 1.807) is 0 Å². The second-order valence-corrected chi connectivity index (χ2v) is 5.04. The molecular weight excluding hydrogens is 312 g/mol. The second-order valence-electron chi connectivity index (χ2n) is 3.39. The van der Waals surface area contributed by atoms with Crippen molar-refractivity contribution in [1.82, 2.24) is 0 Å². The van der Waals surface area contributed by atoms with Crippen LogP contribution in [0.15, 0.2) is 18.2 Å². The van der Waals surface area contributed by atoms with Crippen molar-refractivity contribution in [2.75, 3.05) is 5.32 Å². The zero-order chi connectivity index (χ0) is 10.1. The summed E-state index contributed by atoms with van der Waals surface area (Å²) in [6, 6.07) is 5.60. The van der Waals surface area contributed by atoms with Gasteiger partial charge in [0.2, 0.25) is 5.91 Å². The Hall–Kier alpha value is -0.290. The first-order chi connectivity index (χ1) is 6.66. The van der Waals surface area contributed by atoms with Gasteiger partial charge in [-0.2, -0.15) is 0 Å². The number of carbonyl (C=O) groups excluding carboxylic acids is 1. The molecular formula is C10H9ClINO. The fourth-order valence-electron chi connectivity index (χ4n) is 1.17. The first kappa shape index (κ1) is 10.2. The molecule has 2 rings (SSSR count). The van der Waals surface area contributed by atoms with E-state index in [2.05, 4.69) is 27.9 Å². The summed E-state index contributed by atoms with van der Waals surface area (Å²) in [5.74, 6) is 0.304. The van der Waals surface area contributed by atoms with Gasteiger partial charge in [-0.05, 0) is 53.6 Å². The van der Waals surface area contributed by atoms with Gasteiger partial charge in [0.05, 0.1) is 10.7 Å².